The summed E-state index contributed by atoms with van der Waals surface area (Å²) in [6, 6.07) is 3.81. The number of aromatic nitrogens is 2. The number of benzene rings is 1. The summed E-state index contributed by atoms with van der Waals surface area (Å²) >= 11 is 0. The number of unbranched alkanes of at least 4 members (excludes halogenated alkanes) is 3. The van der Waals surface area contributed by atoms with Crippen molar-refractivity contribution in [2.75, 3.05) is 14.2 Å². The monoisotopic (exact) mass is 305 g/mol. The quantitative estimate of drug-likeness (QED) is 0.756. The molecule has 1 aromatic heterocycles. The van der Waals surface area contributed by atoms with Crippen molar-refractivity contribution in [1.82, 2.24) is 9.55 Å². The molecule has 2 rings (SSSR count). The largest absolute Gasteiger partial charge is 0.493 e. The number of nitrogens with two attached hydrogens (primary N) is 1. The third-order valence-corrected chi connectivity index (χ3v) is 3.93. The van der Waals surface area contributed by atoms with Crippen LogP contribution in [0.15, 0.2) is 12.1 Å². The van der Waals surface area contributed by atoms with Crippen LogP contribution in [-0.2, 0) is 6.54 Å². The molecule has 0 bridgehead atoms. The van der Waals surface area contributed by atoms with Crippen molar-refractivity contribution >= 4 is 11.0 Å². The third kappa shape index (κ3) is 3.35. The Morgan fingerprint density at radius 1 is 1.14 bits per heavy atom. The van der Waals surface area contributed by atoms with Gasteiger partial charge in [-0.05, 0) is 13.3 Å². The second-order valence-electron chi connectivity index (χ2n) is 5.67. The summed E-state index contributed by atoms with van der Waals surface area (Å²) in [6.45, 7) is 5.12. The Labute approximate surface area is 132 Å². The van der Waals surface area contributed by atoms with Crippen molar-refractivity contribution < 1.29 is 9.47 Å². The average molecular weight is 305 g/mol. The van der Waals surface area contributed by atoms with E-state index in [4.69, 9.17) is 20.2 Å². The topological polar surface area (TPSA) is 62.3 Å². The van der Waals surface area contributed by atoms with Gasteiger partial charge >= 0.3 is 0 Å². The first kappa shape index (κ1) is 16.6. The van der Waals surface area contributed by atoms with E-state index in [1.165, 1.54) is 19.3 Å². The van der Waals surface area contributed by atoms with Crippen LogP contribution in [0.25, 0.3) is 11.0 Å². The van der Waals surface area contributed by atoms with E-state index in [-0.39, 0.29) is 6.04 Å². The molecule has 0 fully saturated rings. The highest BCUT2D eigenvalue weighted by Gasteiger charge is 2.17. The molecule has 2 aromatic rings. The van der Waals surface area contributed by atoms with Crippen LogP contribution in [0.5, 0.6) is 11.5 Å². The van der Waals surface area contributed by atoms with Gasteiger partial charge in [0.2, 0.25) is 0 Å². The maximum atomic E-state index is 6.10. The second kappa shape index (κ2) is 7.49. The molecule has 0 amide bonds. The van der Waals surface area contributed by atoms with E-state index >= 15 is 0 Å². The van der Waals surface area contributed by atoms with E-state index in [0.717, 1.165) is 35.6 Å². The highest BCUT2D eigenvalue weighted by molar-refractivity contribution is 5.80. The number of aryl methyl sites for hydroxylation is 1. The molecular formula is C17H27N3O2. The van der Waals surface area contributed by atoms with Crippen LogP contribution >= 0.6 is 0 Å². The number of rotatable bonds is 8. The summed E-state index contributed by atoms with van der Waals surface area (Å²) in [5.41, 5.74) is 8.06. The molecule has 0 aliphatic carbocycles. The number of ether oxygens (including phenoxy) is 2. The highest BCUT2D eigenvalue weighted by Crippen LogP contribution is 2.33. The van der Waals surface area contributed by atoms with E-state index < -0.39 is 0 Å². The zero-order valence-electron chi connectivity index (χ0n) is 14.1. The minimum atomic E-state index is -0.101. The van der Waals surface area contributed by atoms with Crippen LogP contribution in [-0.4, -0.2) is 23.8 Å². The van der Waals surface area contributed by atoms with Gasteiger partial charge in [-0.15, -0.1) is 0 Å². The number of fused-ring (bicyclic) bond motifs is 1. The minimum absolute atomic E-state index is 0.101. The summed E-state index contributed by atoms with van der Waals surface area (Å²) in [5.74, 6) is 2.34. The first-order valence-electron chi connectivity index (χ1n) is 8.00. The van der Waals surface area contributed by atoms with Gasteiger partial charge in [0, 0.05) is 18.7 Å². The number of imidazole rings is 1. The summed E-state index contributed by atoms with van der Waals surface area (Å²) in [6.07, 6.45) is 4.85. The van der Waals surface area contributed by atoms with Crippen molar-refractivity contribution in [3.05, 3.63) is 18.0 Å². The molecule has 0 spiro atoms. The summed E-state index contributed by atoms with van der Waals surface area (Å²) in [4.78, 5) is 4.70. The van der Waals surface area contributed by atoms with Crippen LogP contribution in [0, 0.1) is 0 Å². The Balaban J connectivity index is 2.43. The van der Waals surface area contributed by atoms with E-state index in [1.807, 2.05) is 19.1 Å². The van der Waals surface area contributed by atoms with Gasteiger partial charge in [-0.1, -0.05) is 26.2 Å². The fourth-order valence-corrected chi connectivity index (χ4v) is 2.75. The van der Waals surface area contributed by atoms with Crippen molar-refractivity contribution in [1.29, 1.82) is 0 Å². The van der Waals surface area contributed by atoms with Gasteiger partial charge < -0.3 is 19.8 Å². The lowest BCUT2D eigenvalue weighted by Gasteiger charge is -2.12. The van der Waals surface area contributed by atoms with Gasteiger partial charge in [0.05, 0.1) is 31.3 Å². The molecule has 122 valence electrons. The van der Waals surface area contributed by atoms with E-state index in [9.17, 15) is 0 Å². The minimum Gasteiger partial charge on any atom is -0.493 e. The predicted octanol–water partition coefficient (Wildman–Crippen LogP) is 3.65. The fourth-order valence-electron chi connectivity index (χ4n) is 2.75. The Morgan fingerprint density at radius 3 is 2.41 bits per heavy atom. The molecule has 5 heteroatoms. The maximum Gasteiger partial charge on any atom is 0.163 e. The number of methoxy groups -OCH3 is 2. The fraction of sp³-hybridized carbons (Fsp3) is 0.588. The van der Waals surface area contributed by atoms with Crippen molar-refractivity contribution in [3.63, 3.8) is 0 Å². The van der Waals surface area contributed by atoms with Crippen LogP contribution in [0.2, 0.25) is 0 Å². The highest BCUT2D eigenvalue weighted by atomic mass is 16.5. The Morgan fingerprint density at radius 2 is 1.82 bits per heavy atom. The van der Waals surface area contributed by atoms with Gasteiger partial charge in [-0.3, -0.25) is 0 Å². The summed E-state index contributed by atoms with van der Waals surface area (Å²) < 4.78 is 13.0. The summed E-state index contributed by atoms with van der Waals surface area (Å²) in [5, 5.41) is 0. The van der Waals surface area contributed by atoms with Gasteiger partial charge in [0.25, 0.3) is 0 Å². The van der Waals surface area contributed by atoms with Crippen molar-refractivity contribution in [2.45, 2.75) is 52.1 Å². The molecular weight excluding hydrogens is 278 g/mol. The van der Waals surface area contributed by atoms with Crippen LogP contribution < -0.4 is 15.2 Å². The molecule has 0 radical (unpaired) electrons. The second-order valence-corrected chi connectivity index (χ2v) is 5.67. The zero-order chi connectivity index (χ0) is 16.1. The Kier molecular flexibility index (Phi) is 5.66. The van der Waals surface area contributed by atoms with E-state index in [1.54, 1.807) is 14.2 Å². The molecule has 1 unspecified atom stereocenters. The van der Waals surface area contributed by atoms with Crippen molar-refractivity contribution in [3.8, 4) is 11.5 Å². The summed E-state index contributed by atoms with van der Waals surface area (Å²) in [7, 11) is 3.29. The molecule has 0 saturated carbocycles. The lowest BCUT2D eigenvalue weighted by Crippen LogP contribution is -2.13. The molecule has 1 heterocycles. The van der Waals surface area contributed by atoms with Gasteiger partial charge in [-0.2, -0.15) is 0 Å². The van der Waals surface area contributed by atoms with Crippen LogP contribution in [0.4, 0.5) is 0 Å². The Hall–Kier alpha value is -1.75. The van der Waals surface area contributed by atoms with Gasteiger partial charge in [0.1, 0.15) is 5.82 Å². The molecule has 0 aliphatic heterocycles. The molecule has 1 aromatic carbocycles. The lowest BCUT2D eigenvalue weighted by atomic mass is 10.2. The Bertz CT molecular complexity index is 620. The first-order chi connectivity index (χ1) is 10.6. The number of hydrogen-bond acceptors (Lipinski definition) is 4. The van der Waals surface area contributed by atoms with Crippen molar-refractivity contribution in [2.24, 2.45) is 5.73 Å². The molecule has 22 heavy (non-hydrogen) atoms. The standard InChI is InChI=1S/C17H27N3O2/c1-5-6-7-8-9-20-14-11-16(22-4)15(21-3)10-13(14)19-17(20)12(2)18/h10-12H,5-9,18H2,1-4H3. The van der Waals surface area contributed by atoms with Crippen LogP contribution in [0.1, 0.15) is 51.4 Å². The zero-order valence-corrected chi connectivity index (χ0v) is 14.1. The third-order valence-electron chi connectivity index (χ3n) is 3.93. The van der Waals surface area contributed by atoms with Crippen LogP contribution in [0.3, 0.4) is 0 Å². The molecule has 1 atom stereocenters. The smallest absolute Gasteiger partial charge is 0.163 e. The predicted molar refractivity (Wildman–Crippen MR) is 89.6 cm³/mol. The average Bonchev–Trinajstić information content (AvgIpc) is 2.88. The lowest BCUT2D eigenvalue weighted by molar-refractivity contribution is 0.355. The molecule has 2 N–H and O–H groups in total. The number of hydrogen-bond donors (Lipinski definition) is 1. The van der Waals surface area contributed by atoms with Gasteiger partial charge in [0.15, 0.2) is 11.5 Å². The van der Waals surface area contributed by atoms with E-state index in [2.05, 4.69) is 11.5 Å². The first-order valence-corrected chi connectivity index (χ1v) is 8.00. The molecule has 5 nitrogen and oxygen atoms in total. The molecule has 0 saturated heterocycles. The normalized spacial score (nSPS) is 12.6. The molecule has 0 aliphatic rings. The van der Waals surface area contributed by atoms with E-state index in [0.29, 0.717) is 5.75 Å². The van der Waals surface area contributed by atoms with Gasteiger partial charge in [-0.25, -0.2) is 4.98 Å². The number of nitrogens with zero attached hydrogens (tertiary/aromatic N) is 2. The maximum absolute atomic E-state index is 6.10. The SMILES string of the molecule is CCCCCCn1c(C(C)N)nc2cc(OC)c(OC)cc21.